The number of aryl methyl sites for hydroxylation is 2. The Morgan fingerprint density at radius 1 is 1.47 bits per heavy atom. The highest BCUT2D eigenvalue weighted by Gasteiger charge is 2.09. The van der Waals surface area contributed by atoms with Gasteiger partial charge in [-0.3, -0.25) is 4.79 Å². The summed E-state index contributed by atoms with van der Waals surface area (Å²) in [5.74, 6) is 0.548. The van der Waals surface area contributed by atoms with Gasteiger partial charge in [0.25, 0.3) is 0 Å². The molecule has 1 aromatic rings. The number of aliphatic hydroxyl groups excluding tert-OH is 2. The third kappa shape index (κ3) is 5.22. The summed E-state index contributed by atoms with van der Waals surface area (Å²) in [6.07, 6.45) is 0.107. The summed E-state index contributed by atoms with van der Waals surface area (Å²) < 4.78 is 0. The van der Waals surface area contributed by atoms with Crippen LogP contribution < -0.4 is 5.32 Å². The van der Waals surface area contributed by atoms with E-state index in [1.165, 1.54) is 11.8 Å². The van der Waals surface area contributed by atoms with E-state index in [-0.39, 0.29) is 18.3 Å². The van der Waals surface area contributed by atoms with Crippen molar-refractivity contribution in [3.63, 3.8) is 0 Å². The van der Waals surface area contributed by atoms with Crippen molar-refractivity contribution in [2.45, 2.75) is 26.4 Å². The number of para-hydroxylation sites is 1. The molecule has 106 valence electrons. The van der Waals surface area contributed by atoms with Gasteiger partial charge in [0.1, 0.15) is 0 Å². The van der Waals surface area contributed by atoms with Crippen LogP contribution in [0.15, 0.2) is 18.2 Å². The van der Waals surface area contributed by atoms with Crippen LogP contribution in [-0.4, -0.2) is 40.3 Å². The van der Waals surface area contributed by atoms with Gasteiger partial charge >= 0.3 is 0 Å². The van der Waals surface area contributed by atoms with Crippen LogP contribution in [0.1, 0.15) is 18.1 Å². The van der Waals surface area contributed by atoms with Crippen LogP contribution in [-0.2, 0) is 11.2 Å². The highest BCUT2D eigenvalue weighted by Crippen LogP contribution is 2.21. The molecule has 0 radical (unpaired) electrons. The third-order valence-electron chi connectivity index (χ3n) is 2.76. The van der Waals surface area contributed by atoms with Crippen molar-refractivity contribution < 1.29 is 15.0 Å². The summed E-state index contributed by atoms with van der Waals surface area (Å²) in [5.41, 5.74) is 3.06. The molecule has 0 aromatic heterocycles. The van der Waals surface area contributed by atoms with Crippen LogP contribution in [0.5, 0.6) is 0 Å². The van der Waals surface area contributed by atoms with Crippen molar-refractivity contribution >= 4 is 23.4 Å². The van der Waals surface area contributed by atoms with Gasteiger partial charge in [0.2, 0.25) is 5.91 Å². The van der Waals surface area contributed by atoms with Gasteiger partial charge in [0.05, 0.1) is 18.5 Å². The molecule has 0 bridgehead atoms. The fourth-order valence-corrected chi connectivity index (χ4v) is 2.47. The fourth-order valence-electron chi connectivity index (χ4n) is 1.72. The number of nitrogens with one attached hydrogen (secondary N) is 1. The van der Waals surface area contributed by atoms with E-state index in [1.54, 1.807) is 0 Å². The second-order valence-electron chi connectivity index (χ2n) is 4.36. The molecule has 0 aliphatic carbocycles. The van der Waals surface area contributed by atoms with Gasteiger partial charge in [-0.25, -0.2) is 0 Å². The summed E-state index contributed by atoms with van der Waals surface area (Å²) in [6, 6.07) is 5.96. The van der Waals surface area contributed by atoms with Crippen LogP contribution in [0.3, 0.4) is 0 Å². The molecule has 0 fully saturated rings. The predicted molar refractivity (Wildman–Crippen MR) is 79.6 cm³/mol. The quantitative estimate of drug-likeness (QED) is 0.710. The molecule has 0 spiro atoms. The average Bonchev–Trinajstić information content (AvgIpc) is 2.40. The van der Waals surface area contributed by atoms with Gasteiger partial charge in [-0.1, -0.05) is 25.1 Å². The van der Waals surface area contributed by atoms with E-state index in [0.717, 1.165) is 23.2 Å². The summed E-state index contributed by atoms with van der Waals surface area (Å²) in [4.78, 5) is 11.8. The lowest BCUT2D eigenvalue weighted by Crippen LogP contribution is -2.20. The maximum Gasteiger partial charge on any atom is 0.234 e. The van der Waals surface area contributed by atoms with Gasteiger partial charge in [-0.05, 0) is 24.5 Å². The number of hydrogen-bond donors (Lipinski definition) is 3. The van der Waals surface area contributed by atoms with Crippen LogP contribution in [0, 0.1) is 6.92 Å². The van der Waals surface area contributed by atoms with Crippen molar-refractivity contribution in [1.82, 2.24) is 0 Å². The molecule has 0 saturated heterocycles. The number of carbonyl (C=O) groups excluding carboxylic acids is 1. The third-order valence-corrected chi connectivity index (χ3v) is 3.85. The van der Waals surface area contributed by atoms with E-state index in [4.69, 9.17) is 5.11 Å². The lowest BCUT2D eigenvalue weighted by Gasteiger charge is -2.13. The van der Waals surface area contributed by atoms with Crippen molar-refractivity contribution in [2.75, 3.05) is 23.4 Å². The minimum Gasteiger partial charge on any atom is -0.394 e. The van der Waals surface area contributed by atoms with Crippen LogP contribution in [0.4, 0.5) is 5.69 Å². The SMILES string of the molecule is CCc1cccc(C)c1NC(=O)CSCC(O)CO. The first-order chi connectivity index (χ1) is 9.08. The molecule has 4 nitrogen and oxygen atoms in total. The first-order valence-corrected chi connectivity index (χ1v) is 7.49. The van der Waals surface area contributed by atoms with Crippen LogP contribution in [0.2, 0.25) is 0 Å². The zero-order valence-corrected chi connectivity index (χ0v) is 12.2. The lowest BCUT2D eigenvalue weighted by molar-refractivity contribution is -0.113. The molecule has 5 heteroatoms. The minimum absolute atomic E-state index is 0.0841. The zero-order valence-electron chi connectivity index (χ0n) is 11.3. The highest BCUT2D eigenvalue weighted by molar-refractivity contribution is 8.00. The number of amides is 1. The van der Waals surface area contributed by atoms with Gasteiger partial charge < -0.3 is 15.5 Å². The minimum atomic E-state index is -0.762. The average molecular weight is 283 g/mol. The summed E-state index contributed by atoms with van der Waals surface area (Å²) in [7, 11) is 0. The Balaban J connectivity index is 2.53. The first-order valence-electron chi connectivity index (χ1n) is 6.33. The fraction of sp³-hybridized carbons (Fsp3) is 0.500. The standard InChI is InChI=1S/C14H21NO3S/c1-3-11-6-4-5-10(2)14(11)15-13(18)9-19-8-12(17)7-16/h4-6,12,16-17H,3,7-9H2,1-2H3,(H,15,18). The molecular weight excluding hydrogens is 262 g/mol. The van der Waals surface area contributed by atoms with E-state index < -0.39 is 6.10 Å². The molecule has 3 N–H and O–H groups in total. The van der Waals surface area contributed by atoms with E-state index in [2.05, 4.69) is 12.2 Å². The van der Waals surface area contributed by atoms with Gasteiger partial charge in [-0.2, -0.15) is 0 Å². The number of carbonyl (C=O) groups is 1. The second-order valence-corrected chi connectivity index (χ2v) is 5.39. The molecule has 0 aliphatic heterocycles. The Morgan fingerprint density at radius 3 is 2.84 bits per heavy atom. The molecule has 0 heterocycles. The van der Waals surface area contributed by atoms with E-state index in [0.29, 0.717) is 5.75 Å². The predicted octanol–water partition coefficient (Wildman–Crippen LogP) is 1.58. The maximum absolute atomic E-state index is 11.8. The second kappa shape index (κ2) is 8.19. The van der Waals surface area contributed by atoms with Crippen molar-refractivity contribution in [3.05, 3.63) is 29.3 Å². The zero-order chi connectivity index (χ0) is 14.3. The highest BCUT2D eigenvalue weighted by atomic mass is 32.2. The van der Waals surface area contributed by atoms with Crippen LogP contribution >= 0.6 is 11.8 Å². The molecule has 0 saturated carbocycles. The van der Waals surface area contributed by atoms with Crippen molar-refractivity contribution in [2.24, 2.45) is 0 Å². The van der Waals surface area contributed by atoms with Gasteiger partial charge in [0.15, 0.2) is 0 Å². The normalized spacial score (nSPS) is 12.2. The number of thioether (sulfide) groups is 1. The Hall–Kier alpha value is -1.04. The molecule has 1 atom stereocenters. The number of benzene rings is 1. The topological polar surface area (TPSA) is 69.6 Å². The lowest BCUT2D eigenvalue weighted by atomic mass is 10.1. The number of anilines is 1. The molecule has 0 aliphatic rings. The maximum atomic E-state index is 11.8. The number of hydrogen-bond acceptors (Lipinski definition) is 4. The van der Waals surface area contributed by atoms with Gasteiger partial charge in [0, 0.05) is 11.4 Å². The van der Waals surface area contributed by atoms with Crippen LogP contribution in [0.25, 0.3) is 0 Å². The number of rotatable bonds is 7. The smallest absolute Gasteiger partial charge is 0.234 e. The molecule has 1 aromatic carbocycles. The molecule has 1 rings (SSSR count). The summed E-state index contributed by atoms with van der Waals surface area (Å²) >= 11 is 1.31. The number of aliphatic hydroxyl groups is 2. The Labute approximate surface area is 118 Å². The van der Waals surface area contributed by atoms with Crippen molar-refractivity contribution in [1.29, 1.82) is 0 Å². The molecule has 1 amide bonds. The van der Waals surface area contributed by atoms with Gasteiger partial charge in [-0.15, -0.1) is 11.8 Å². The van der Waals surface area contributed by atoms with Crippen molar-refractivity contribution in [3.8, 4) is 0 Å². The first kappa shape index (κ1) is 16.0. The largest absolute Gasteiger partial charge is 0.394 e. The molecule has 1 unspecified atom stereocenters. The Kier molecular flexibility index (Phi) is 6.91. The van der Waals surface area contributed by atoms with E-state index in [9.17, 15) is 9.90 Å². The van der Waals surface area contributed by atoms with E-state index in [1.807, 2.05) is 25.1 Å². The van der Waals surface area contributed by atoms with E-state index >= 15 is 0 Å². The summed E-state index contributed by atoms with van der Waals surface area (Å²) in [6.45, 7) is 3.75. The molecule has 19 heavy (non-hydrogen) atoms. The Morgan fingerprint density at radius 2 is 2.21 bits per heavy atom. The summed E-state index contributed by atoms with van der Waals surface area (Å²) in [5, 5.41) is 20.8. The molecular formula is C14H21NO3S. The Bertz CT molecular complexity index is 423. The monoisotopic (exact) mass is 283 g/mol.